The van der Waals surface area contributed by atoms with Crippen molar-refractivity contribution < 1.29 is 18.9 Å². The number of para-hydroxylation sites is 2. The van der Waals surface area contributed by atoms with Gasteiger partial charge in [0.1, 0.15) is 11.6 Å². The van der Waals surface area contributed by atoms with E-state index in [1.54, 1.807) is 21.3 Å². The van der Waals surface area contributed by atoms with Crippen LogP contribution >= 0.6 is 0 Å². The van der Waals surface area contributed by atoms with Gasteiger partial charge >= 0.3 is 0 Å². The first-order chi connectivity index (χ1) is 15.6. The molecule has 6 nitrogen and oxygen atoms in total. The molecule has 0 N–H and O–H groups in total. The van der Waals surface area contributed by atoms with Crippen LogP contribution in [-0.2, 0) is 6.54 Å². The first kappa shape index (κ1) is 21.6. The van der Waals surface area contributed by atoms with Gasteiger partial charge in [-0.05, 0) is 55.3 Å². The lowest BCUT2D eigenvalue weighted by molar-refractivity contribution is 0.302. The molecule has 0 aliphatic heterocycles. The number of rotatable bonds is 9. The van der Waals surface area contributed by atoms with Crippen LogP contribution in [0.3, 0.4) is 0 Å². The molecule has 4 aromatic rings. The van der Waals surface area contributed by atoms with E-state index in [-0.39, 0.29) is 0 Å². The highest BCUT2D eigenvalue weighted by atomic mass is 16.5. The largest absolute Gasteiger partial charge is 0.494 e. The van der Waals surface area contributed by atoms with E-state index in [1.165, 1.54) is 5.56 Å². The van der Waals surface area contributed by atoms with Gasteiger partial charge in [-0.15, -0.1) is 0 Å². The predicted molar refractivity (Wildman–Crippen MR) is 126 cm³/mol. The van der Waals surface area contributed by atoms with E-state index in [4.69, 9.17) is 23.9 Å². The second kappa shape index (κ2) is 9.64. The summed E-state index contributed by atoms with van der Waals surface area (Å²) in [4.78, 5) is 4.91. The Kier molecular flexibility index (Phi) is 6.50. The molecule has 166 valence electrons. The molecule has 1 aromatic heterocycles. The minimum absolute atomic E-state index is 0.563. The van der Waals surface area contributed by atoms with Gasteiger partial charge in [0.25, 0.3) is 0 Å². The Morgan fingerprint density at radius 2 is 1.59 bits per heavy atom. The maximum Gasteiger partial charge on any atom is 0.203 e. The number of nitrogens with zero attached hydrogens (tertiary/aromatic N) is 2. The van der Waals surface area contributed by atoms with Gasteiger partial charge in [0.05, 0.1) is 39.0 Å². The number of hydrogen-bond acceptors (Lipinski definition) is 5. The lowest BCUT2D eigenvalue weighted by Crippen LogP contribution is -2.06. The number of hydrogen-bond donors (Lipinski definition) is 0. The number of aryl methyl sites for hydroxylation is 2. The zero-order valence-electron chi connectivity index (χ0n) is 18.9. The van der Waals surface area contributed by atoms with Crippen LogP contribution in [0.2, 0.25) is 0 Å². The minimum atomic E-state index is 0.563. The van der Waals surface area contributed by atoms with Gasteiger partial charge in [-0.1, -0.05) is 24.3 Å². The van der Waals surface area contributed by atoms with Crippen molar-refractivity contribution in [2.45, 2.75) is 19.9 Å². The lowest BCUT2D eigenvalue weighted by atomic mass is 10.1. The standard InChI is InChI=1S/C26H28N2O4/c1-18-9-7-10-20(15-18)32-14-8-13-28-22-12-6-5-11-21(22)27-26(28)19-16-23(29-2)25(31-4)24(17-19)30-3/h5-7,9-12,15-17H,8,13-14H2,1-4H3. The molecule has 0 radical (unpaired) electrons. The van der Waals surface area contributed by atoms with Crippen LogP contribution in [0, 0.1) is 6.92 Å². The number of benzene rings is 3. The lowest BCUT2D eigenvalue weighted by Gasteiger charge is -2.15. The average molecular weight is 433 g/mol. The van der Waals surface area contributed by atoms with Crippen LogP contribution in [0.25, 0.3) is 22.4 Å². The molecular formula is C26H28N2O4. The summed E-state index contributed by atoms with van der Waals surface area (Å²) in [6, 6.07) is 20.1. The fourth-order valence-electron chi connectivity index (χ4n) is 3.85. The van der Waals surface area contributed by atoms with E-state index in [1.807, 2.05) is 48.5 Å². The van der Waals surface area contributed by atoms with Crippen LogP contribution in [0.15, 0.2) is 60.7 Å². The molecule has 0 aliphatic carbocycles. The number of aromatic nitrogens is 2. The Morgan fingerprint density at radius 3 is 2.28 bits per heavy atom. The Labute approximate surface area is 188 Å². The molecule has 0 bridgehead atoms. The van der Waals surface area contributed by atoms with E-state index in [0.29, 0.717) is 23.9 Å². The Hall–Kier alpha value is -3.67. The molecule has 0 aliphatic rings. The zero-order chi connectivity index (χ0) is 22.5. The summed E-state index contributed by atoms with van der Waals surface area (Å²) < 4.78 is 24.7. The summed E-state index contributed by atoms with van der Waals surface area (Å²) in [5.74, 6) is 3.51. The molecular weight excluding hydrogens is 404 g/mol. The van der Waals surface area contributed by atoms with Gasteiger partial charge in [0.15, 0.2) is 11.5 Å². The molecule has 4 rings (SSSR count). The van der Waals surface area contributed by atoms with Gasteiger partial charge < -0.3 is 23.5 Å². The number of imidazole rings is 1. The van der Waals surface area contributed by atoms with E-state index in [0.717, 1.165) is 41.1 Å². The third kappa shape index (κ3) is 4.35. The monoisotopic (exact) mass is 432 g/mol. The van der Waals surface area contributed by atoms with Crippen LogP contribution in [0.5, 0.6) is 23.0 Å². The summed E-state index contributed by atoms with van der Waals surface area (Å²) in [6.45, 7) is 3.44. The highest BCUT2D eigenvalue weighted by molar-refractivity contribution is 5.81. The van der Waals surface area contributed by atoms with Crippen LogP contribution in [0.1, 0.15) is 12.0 Å². The van der Waals surface area contributed by atoms with Crippen LogP contribution < -0.4 is 18.9 Å². The van der Waals surface area contributed by atoms with Gasteiger partial charge in [-0.25, -0.2) is 4.98 Å². The van der Waals surface area contributed by atoms with Crippen molar-refractivity contribution in [3.8, 4) is 34.4 Å². The molecule has 32 heavy (non-hydrogen) atoms. The van der Waals surface area contributed by atoms with Gasteiger partial charge in [0.2, 0.25) is 5.75 Å². The molecule has 0 amide bonds. The van der Waals surface area contributed by atoms with E-state index >= 15 is 0 Å². The van der Waals surface area contributed by atoms with E-state index < -0.39 is 0 Å². The fraction of sp³-hybridized carbons (Fsp3) is 0.269. The number of ether oxygens (including phenoxy) is 4. The van der Waals surface area contributed by atoms with Crippen molar-refractivity contribution in [1.29, 1.82) is 0 Å². The molecule has 6 heteroatoms. The maximum absolute atomic E-state index is 5.96. The van der Waals surface area contributed by atoms with Crippen molar-refractivity contribution in [3.63, 3.8) is 0 Å². The van der Waals surface area contributed by atoms with Crippen molar-refractivity contribution >= 4 is 11.0 Å². The first-order valence-electron chi connectivity index (χ1n) is 10.6. The fourth-order valence-corrected chi connectivity index (χ4v) is 3.85. The molecule has 0 spiro atoms. The SMILES string of the molecule is COc1cc(-c2nc3ccccc3n2CCCOc2cccc(C)c2)cc(OC)c1OC. The molecule has 0 saturated heterocycles. The normalized spacial score (nSPS) is 10.9. The maximum atomic E-state index is 5.96. The zero-order valence-corrected chi connectivity index (χ0v) is 18.9. The summed E-state index contributed by atoms with van der Waals surface area (Å²) in [6.07, 6.45) is 0.839. The molecule has 1 heterocycles. The third-order valence-electron chi connectivity index (χ3n) is 5.36. The molecule has 0 saturated carbocycles. The number of fused-ring (bicyclic) bond motifs is 1. The Balaban J connectivity index is 1.65. The molecule has 3 aromatic carbocycles. The first-order valence-corrected chi connectivity index (χ1v) is 10.6. The van der Waals surface area contributed by atoms with Gasteiger partial charge in [0, 0.05) is 12.1 Å². The van der Waals surface area contributed by atoms with Crippen molar-refractivity contribution in [1.82, 2.24) is 9.55 Å². The summed E-state index contributed by atoms with van der Waals surface area (Å²) in [5.41, 5.74) is 4.10. The molecule has 0 fully saturated rings. The summed E-state index contributed by atoms with van der Waals surface area (Å²) in [7, 11) is 4.84. The average Bonchev–Trinajstić information content (AvgIpc) is 3.19. The highest BCUT2D eigenvalue weighted by Crippen LogP contribution is 2.41. The van der Waals surface area contributed by atoms with Crippen LogP contribution in [-0.4, -0.2) is 37.5 Å². The molecule has 0 atom stereocenters. The van der Waals surface area contributed by atoms with Gasteiger partial charge in [-0.2, -0.15) is 0 Å². The smallest absolute Gasteiger partial charge is 0.203 e. The summed E-state index contributed by atoms with van der Waals surface area (Å²) >= 11 is 0. The highest BCUT2D eigenvalue weighted by Gasteiger charge is 2.18. The Morgan fingerprint density at radius 1 is 0.844 bits per heavy atom. The van der Waals surface area contributed by atoms with Crippen molar-refractivity contribution in [2.75, 3.05) is 27.9 Å². The third-order valence-corrected chi connectivity index (χ3v) is 5.36. The minimum Gasteiger partial charge on any atom is -0.494 e. The molecule has 0 unspecified atom stereocenters. The van der Waals surface area contributed by atoms with Crippen molar-refractivity contribution in [2.24, 2.45) is 0 Å². The predicted octanol–water partition coefficient (Wildman–Crippen LogP) is 5.51. The van der Waals surface area contributed by atoms with Crippen molar-refractivity contribution in [3.05, 3.63) is 66.2 Å². The Bertz CT molecular complexity index is 1190. The quantitative estimate of drug-likeness (QED) is 0.327. The number of methoxy groups -OCH3 is 3. The van der Waals surface area contributed by atoms with Gasteiger partial charge in [-0.3, -0.25) is 0 Å². The second-order valence-corrected chi connectivity index (χ2v) is 7.51. The summed E-state index contributed by atoms with van der Waals surface area (Å²) in [5, 5.41) is 0. The van der Waals surface area contributed by atoms with E-state index in [2.05, 4.69) is 23.6 Å². The van der Waals surface area contributed by atoms with E-state index in [9.17, 15) is 0 Å². The second-order valence-electron chi connectivity index (χ2n) is 7.51. The topological polar surface area (TPSA) is 54.7 Å². The van der Waals surface area contributed by atoms with Crippen LogP contribution in [0.4, 0.5) is 0 Å².